The number of furan rings is 1. The molecule has 1 aromatic carbocycles. The Bertz CT molecular complexity index is 994. The second-order valence-electron chi connectivity index (χ2n) is 6.89. The fourth-order valence-electron chi connectivity index (χ4n) is 3.31. The van der Waals surface area contributed by atoms with Gasteiger partial charge in [-0.3, -0.25) is 9.59 Å². The summed E-state index contributed by atoms with van der Waals surface area (Å²) in [6.45, 7) is 1.62. The maximum Gasteiger partial charge on any atom is 0.287 e. The molecule has 1 aliphatic rings. The van der Waals surface area contributed by atoms with Crippen molar-refractivity contribution in [3.05, 3.63) is 58.9 Å². The summed E-state index contributed by atoms with van der Waals surface area (Å²) in [5.74, 6) is -0.587. The van der Waals surface area contributed by atoms with Crippen molar-refractivity contribution >= 4 is 28.3 Å². The summed E-state index contributed by atoms with van der Waals surface area (Å²) in [5.41, 5.74) is 4.74. The summed E-state index contributed by atoms with van der Waals surface area (Å²) in [7, 11) is 0. The van der Waals surface area contributed by atoms with Gasteiger partial charge in [-0.25, -0.2) is 4.98 Å². The Morgan fingerprint density at radius 3 is 2.79 bits per heavy atom. The van der Waals surface area contributed by atoms with Crippen molar-refractivity contribution in [2.75, 3.05) is 5.32 Å². The zero-order valence-electron chi connectivity index (χ0n) is 15.5. The molecule has 0 unspecified atom stereocenters. The summed E-state index contributed by atoms with van der Waals surface area (Å²) in [6, 6.07) is 8.95. The van der Waals surface area contributed by atoms with Crippen LogP contribution in [0, 0.1) is 0 Å². The molecule has 0 bridgehead atoms. The van der Waals surface area contributed by atoms with Crippen molar-refractivity contribution in [2.24, 2.45) is 0 Å². The van der Waals surface area contributed by atoms with E-state index in [4.69, 9.17) is 4.42 Å². The summed E-state index contributed by atoms with van der Waals surface area (Å²) >= 11 is 1.37. The van der Waals surface area contributed by atoms with Gasteiger partial charge in [0, 0.05) is 10.9 Å². The van der Waals surface area contributed by atoms with Crippen molar-refractivity contribution in [2.45, 2.75) is 38.6 Å². The third-order valence-corrected chi connectivity index (χ3v) is 5.62. The normalized spacial score (nSPS) is 14.2. The number of amides is 2. The van der Waals surface area contributed by atoms with Gasteiger partial charge in [0.15, 0.2) is 10.9 Å². The summed E-state index contributed by atoms with van der Waals surface area (Å²) in [5, 5.41) is 7.82. The predicted molar refractivity (Wildman–Crippen MR) is 108 cm³/mol. The number of carbonyl (C=O) groups excluding carboxylic acids is 2. The van der Waals surface area contributed by atoms with E-state index in [1.807, 2.05) is 5.38 Å². The molecular formula is C21H21N3O3S. The first kappa shape index (κ1) is 18.4. The Kier molecular flexibility index (Phi) is 5.25. The highest BCUT2D eigenvalue weighted by atomic mass is 32.1. The molecule has 0 saturated carbocycles. The van der Waals surface area contributed by atoms with E-state index < -0.39 is 11.9 Å². The largest absolute Gasteiger partial charge is 0.459 e. The second-order valence-corrected chi connectivity index (χ2v) is 7.75. The van der Waals surface area contributed by atoms with Crippen LogP contribution in [0.5, 0.6) is 0 Å². The van der Waals surface area contributed by atoms with E-state index >= 15 is 0 Å². The maximum atomic E-state index is 12.4. The Morgan fingerprint density at radius 1 is 1.18 bits per heavy atom. The van der Waals surface area contributed by atoms with Gasteiger partial charge in [0.1, 0.15) is 6.04 Å². The van der Waals surface area contributed by atoms with Crippen LogP contribution in [-0.4, -0.2) is 22.8 Å². The molecule has 7 heteroatoms. The SMILES string of the molecule is C[C@H](NC(=O)c1ccco1)C(=O)Nc1nc(-c2ccc3c(c2)CCCC3)cs1. The molecule has 3 aromatic rings. The standard InChI is InChI=1S/C21H21N3O3S/c1-13(22-20(26)18-7-4-10-27-18)19(25)24-21-23-17(12-28-21)16-9-8-14-5-2-3-6-15(14)11-16/h4,7-13H,2-3,5-6H2,1H3,(H,22,26)(H,23,24,25)/t13-/m0/s1. The van der Waals surface area contributed by atoms with Gasteiger partial charge in [0.25, 0.3) is 5.91 Å². The van der Waals surface area contributed by atoms with E-state index in [0.717, 1.165) is 24.1 Å². The minimum absolute atomic E-state index is 0.170. The van der Waals surface area contributed by atoms with Crippen molar-refractivity contribution in [3.8, 4) is 11.3 Å². The van der Waals surface area contributed by atoms with Crippen LogP contribution in [0.1, 0.15) is 41.4 Å². The van der Waals surface area contributed by atoms with Crippen LogP contribution in [-0.2, 0) is 17.6 Å². The highest BCUT2D eigenvalue weighted by Gasteiger charge is 2.19. The first-order valence-electron chi connectivity index (χ1n) is 9.33. The van der Waals surface area contributed by atoms with E-state index in [9.17, 15) is 9.59 Å². The first-order chi connectivity index (χ1) is 13.6. The molecule has 144 valence electrons. The van der Waals surface area contributed by atoms with Crippen LogP contribution >= 0.6 is 11.3 Å². The molecule has 0 spiro atoms. The molecular weight excluding hydrogens is 374 g/mol. The van der Waals surface area contributed by atoms with Crippen molar-refractivity contribution in [1.82, 2.24) is 10.3 Å². The van der Waals surface area contributed by atoms with Crippen LogP contribution < -0.4 is 10.6 Å². The van der Waals surface area contributed by atoms with Crippen LogP contribution in [0.25, 0.3) is 11.3 Å². The molecule has 2 N–H and O–H groups in total. The number of aryl methyl sites for hydroxylation is 2. The number of rotatable bonds is 5. The lowest BCUT2D eigenvalue weighted by atomic mass is 9.90. The van der Waals surface area contributed by atoms with E-state index in [-0.39, 0.29) is 11.7 Å². The smallest absolute Gasteiger partial charge is 0.287 e. The Balaban J connectivity index is 1.40. The minimum atomic E-state index is -0.714. The van der Waals surface area contributed by atoms with Crippen LogP contribution in [0.4, 0.5) is 5.13 Å². The molecule has 1 atom stereocenters. The zero-order chi connectivity index (χ0) is 19.5. The topological polar surface area (TPSA) is 84.2 Å². The fraction of sp³-hybridized carbons (Fsp3) is 0.286. The number of aromatic nitrogens is 1. The molecule has 4 rings (SSSR count). The average Bonchev–Trinajstić information content (AvgIpc) is 3.40. The van der Waals surface area contributed by atoms with Gasteiger partial charge in [-0.1, -0.05) is 12.1 Å². The quantitative estimate of drug-likeness (QED) is 0.683. The van der Waals surface area contributed by atoms with Gasteiger partial charge in [-0.2, -0.15) is 0 Å². The second kappa shape index (κ2) is 7.98. The number of fused-ring (bicyclic) bond motifs is 1. The molecule has 2 heterocycles. The van der Waals surface area contributed by atoms with Crippen molar-refractivity contribution < 1.29 is 14.0 Å². The van der Waals surface area contributed by atoms with Gasteiger partial charge in [-0.15, -0.1) is 11.3 Å². The molecule has 0 fully saturated rings. The summed E-state index contributed by atoms with van der Waals surface area (Å²) in [4.78, 5) is 28.9. The Hall–Kier alpha value is -2.93. The van der Waals surface area contributed by atoms with Crippen molar-refractivity contribution in [1.29, 1.82) is 0 Å². The van der Waals surface area contributed by atoms with Crippen LogP contribution in [0.3, 0.4) is 0 Å². The number of thiazole rings is 1. The molecule has 2 aromatic heterocycles. The third-order valence-electron chi connectivity index (χ3n) is 4.86. The van der Waals surface area contributed by atoms with Crippen LogP contribution in [0.2, 0.25) is 0 Å². The fourth-order valence-corrected chi connectivity index (χ4v) is 4.03. The summed E-state index contributed by atoms with van der Waals surface area (Å²) < 4.78 is 5.03. The molecule has 1 aliphatic carbocycles. The number of nitrogens with one attached hydrogen (secondary N) is 2. The van der Waals surface area contributed by atoms with Gasteiger partial charge >= 0.3 is 0 Å². The lowest BCUT2D eigenvalue weighted by molar-refractivity contribution is -0.117. The van der Waals surface area contributed by atoms with E-state index in [1.165, 1.54) is 41.6 Å². The number of hydrogen-bond donors (Lipinski definition) is 2. The lowest BCUT2D eigenvalue weighted by Crippen LogP contribution is -2.41. The summed E-state index contributed by atoms with van der Waals surface area (Å²) in [6.07, 6.45) is 6.17. The monoisotopic (exact) mass is 395 g/mol. The minimum Gasteiger partial charge on any atom is -0.459 e. The molecule has 6 nitrogen and oxygen atoms in total. The van der Waals surface area contributed by atoms with Gasteiger partial charge in [0.2, 0.25) is 5.91 Å². The van der Waals surface area contributed by atoms with Gasteiger partial charge < -0.3 is 15.1 Å². The van der Waals surface area contributed by atoms with Crippen molar-refractivity contribution in [3.63, 3.8) is 0 Å². The number of anilines is 1. The number of benzene rings is 1. The van der Waals surface area contributed by atoms with Crippen LogP contribution in [0.15, 0.2) is 46.4 Å². The Labute approximate surface area is 167 Å². The lowest BCUT2D eigenvalue weighted by Gasteiger charge is -2.16. The van der Waals surface area contributed by atoms with E-state index in [1.54, 1.807) is 19.1 Å². The molecule has 0 radical (unpaired) electrons. The van der Waals surface area contributed by atoms with E-state index in [0.29, 0.717) is 5.13 Å². The third kappa shape index (κ3) is 3.99. The molecule has 0 saturated heterocycles. The Morgan fingerprint density at radius 2 is 2.00 bits per heavy atom. The van der Waals surface area contributed by atoms with Gasteiger partial charge in [0.05, 0.1) is 12.0 Å². The highest BCUT2D eigenvalue weighted by molar-refractivity contribution is 7.14. The highest BCUT2D eigenvalue weighted by Crippen LogP contribution is 2.29. The van der Waals surface area contributed by atoms with Gasteiger partial charge in [-0.05, 0) is 61.9 Å². The number of nitrogens with zero attached hydrogens (tertiary/aromatic N) is 1. The predicted octanol–water partition coefficient (Wildman–Crippen LogP) is 4.04. The van der Waals surface area contributed by atoms with E-state index in [2.05, 4.69) is 33.8 Å². The first-order valence-corrected chi connectivity index (χ1v) is 10.2. The molecule has 28 heavy (non-hydrogen) atoms. The zero-order valence-corrected chi connectivity index (χ0v) is 16.3. The average molecular weight is 395 g/mol. The number of carbonyl (C=O) groups is 2. The molecule has 2 amide bonds. The number of hydrogen-bond acceptors (Lipinski definition) is 5. The molecule has 0 aliphatic heterocycles. The maximum absolute atomic E-state index is 12.4.